The van der Waals surface area contributed by atoms with Crippen LogP contribution in [0.2, 0.25) is 0 Å². The molecule has 1 heterocycles. The number of amides is 3. The van der Waals surface area contributed by atoms with Gasteiger partial charge < -0.3 is 10.0 Å². The number of likely N-dealkylation sites (tertiary alicyclic amines) is 1. The Morgan fingerprint density at radius 1 is 0.964 bits per heavy atom. The van der Waals surface area contributed by atoms with Gasteiger partial charge in [0.15, 0.2) is 0 Å². The average Bonchev–Trinajstić information content (AvgIpc) is 2.72. The Morgan fingerprint density at radius 3 is 2.25 bits per heavy atom. The normalized spacial score (nSPS) is 14.4. The summed E-state index contributed by atoms with van der Waals surface area (Å²) in [7, 11) is 0. The van der Waals surface area contributed by atoms with E-state index in [0.29, 0.717) is 37.1 Å². The molecule has 1 aliphatic heterocycles. The zero-order chi connectivity index (χ0) is 20.1. The number of hydrogen-bond donors (Lipinski definition) is 3. The minimum atomic E-state index is -0.458. The summed E-state index contributed by atoms with van der Waals surface area (Å²) in [4.78, 5) is 38.7. The monoisotopic (exact) mass is 381 g/mol. The number of benzene rings is 2. The van der Waals surface area contributed by atoms with Gasteiger partial charge in [-0.25, -0.2) is 0 Å². The molecule has 28 heavy (non-hydrogen) atoms. The molecular formula is C21H23N3O4. The second-order valence-corrected chi connectivity index (χ2v) is 6.87. The number of hydrazine groups is 1. The van der Waals surface area contributed by atoms with Crippen LogP contribution in [0.3, 0.4) is 0 Å². The summed E-state index contributed by atoms with van der Waals surface area (Å²) >= 11 is 0. The molecule has 0 unspecified atom stereocenters. The maximum atomic E-state index is 12.6. The fourth-order valence-corrected chi connectivity index (χ4v) is 3.23. The van der Waals surface area contributed by atoms with Gasteiger partial charge >= 0.3 is 0 Å². The predicted octanol–water partition coefficient (Wildman–Crippen LogP) is 2.01. The smallest absolute Gasteiger partial charge is 0.269 e. The number of aryl methyl sites for hydroxylation is 1. The molecular weight excluding hydrogens is 358 g/mol. The van der Waals surface area contributed by atoms with Crippen LogP contribution in [0.25, 0.3) is 0 Å². The van der Waals surface area contributed by atoms with Crippen LogP contribution >= 0.6 is 0 Å². The summed E-state index contributed by atoms with van der Waals surface area (Å²) in [5, 5.41) is 9.25. The van der Waals surface area contributed by atoms with Gasteiger partial charge in [0.2, 0.25) is 5.91 Å². The Bertz CT molecular complexity index is 871. The molecule has 0 bridgehead atoms. The number of carbonyl (C=O) groups excluding carboxylic acids is 3. The molecule has 0 aromatic heterocycles. The lowest BCUT2D eigenvalue weighted by Gasteiger charge is -2.31. The highest BCUT2D eigenvalue weighted by atomic mass is 16.3. The topological polar surface area (TPSA) is 98.7 Å². The van der Waals surface area contributed by atoms with E-state index in [-0.39, 0.29) is 23.5 Å². The number of phenols is 1. The summed E-state index contributed by atoms with van der Waals surface area (Å²) in [6.45, 7) is 2.90. The van der Waals surface area contributed by atoms with Gasteiger partial charge in [0.25, 0.3) is 11.8 Å². The van der Waals surface area contributed by atoms with E-state index in [1.807, 2.05) is 31.2 Å². The quantitative estimate of drug-likeness (QED) is 0.709. The van der Waals surface area contributed by atoms with Crippen LogP contribution in [-0.4, -0.2) is 40.8 Å². The molecule has 3 amide bonds. The van der Waals surface area contributed by atoms with Crippen LogP contribution in [0.4, 0.5) is 0 Å². The molecule has 0 spiro atoms. The molecule has 7 heteroatoms. The lowest BCUT2D eigenvalue weighted by atomic mass is 9.95. The number of rotatable bonds is 3. The highest BCUT2D eigenvalue weighted by Gasteiger charge is 2.28. The van der Waals surface area contributed by atoms with Crippen LogP contribution in [0.15, 0.2) is 48.5 Å². The van der Waals surface area contributed by atoms with Gasteiger partial charge in [-0.1, -0.05) is 18.2 Å². The lowest BCUT2D eigenvalue weighted by Crippen LogP contribution is -2.48. The fraction of sp³-hybridized carbons (Fsp3) is 0.286. The summed E-state index contributed by atoms with van der Waals surface area (Å²) < 4.78 is 0. The maximum Gasteiger partial charge on any atom is 0.269 e. The van der Waals surface area contributed by atoms with Gasteiger partial charge in [0, 0.05) is 30.1 Å². The minimum absolute atomic E-state index is 0.0161. The number of hydrogen-bond acceptors (Lipinski definition) is 4. The molecule has 0 atom stereocenters. The number of carbonyl (C=O) groups is 3. The summed E-state index contributed by atoms with van der Waals surface area (Å²) in [5.41, 5.74) is 6.78. The Hall–Kier alpha value is -3.35. The Labute approximate surface area is 163 Å². The maximum absolute atomic E-state index is 12.6. The SMILES string of the molecule is Cc1ccccc1C(=O)N1CCC(C(=O)NNC(=O)c2ccc(O)cc2)CC1. The lowest BCUT2D eigenvalue weighted by molar-refractivity contribution is -0.127. The van der Waals surface area contributed by atoms with Crippen molar-refractivity contribution in [3.05, 3.63) is 65.2 Å². The van der Waals surface area contributed by atoms with Crippen molar-refractivity contribution in [3.63, 3.8) is 0 Å². The number of piperidine rings is 1. The largest absolute Gasteiger partial charge is 0.508 e. The van der Waals surface area contributed by atoms with Crippen molar-refractivity contribution in [2.75, 3.05) is 13.1 Å². The zero-order valence-electron chi connectivity index (χ0n) is 15.6. The van der Waals surface area contributed by atoms with E-state index in [1.165, 1.54) is 24.3 Å². The van der Waals surface area contributed by atoms with E-state index in [2.05, 4.69) is 10.9 Å². The second kappa shape index (κ2) is 8.56. The molecule has 146 valence electrons. The van der Waals surface area contributed by atoms with Gasteiger partial charge in [-0.15, -0.1) is 0 Å². The minimum Gasteiger partial charge on any atom is -0.508 e. The molecule has 7 nitrogen and oxygen atoms in total. The van der Waals surface area contributed by atoms with Crippen LogP contribution in [0.1, 0.15) is 39.1 Å². The first-order chi connectivity index (χ1) is 13.5. The van der Waals surface area contributed by atoms with Crippen molar-refractivity contribution >= 4 is 17.7 Å². The average molecular weight is 381 g/mol. The van der Waals surface area contributed by atoms with Crippen molar-refractivity contribution in [1.82, 2.24) is 15.8 Å². The Morgan fingerprint density at radius 2 is 1.61 bits per heavy atom. The number of phenolic OH excluding ortho intramolecular Hbond substituents is 1. The zero-order valence-corrected chi connectivity index (χ0v) is 15.6. The van der Waals surface area contributed by atoms with E-state index >= 15 is 0 Å². The highest BCUT2D eigenvalue weighted by molar-refractivity contribution is 5.96. The molecule has 1 saturated heterocycles. The summed E-state index contributed by atoms with van der Waals surface area (Å²) in [6, 6.07) is 13.2. The first kappa shape index (κ1) is 19.4. The number of aromatic hydroxyl groups is 1. The molecule has 1 fully saturated rings. The van der Waals surface area contributed by atoms with Gasteiger partial charge in [-0.3, -0.25) is 25.2 Å². The van der Waals surface area contributed by atoms with Crippen molar-refractivity contribution in [1.29, 1.82) is 0 Å². The van der Waals surface area contributed by atoms with E-state index in [9.17, 15) is 19.5 Å². The fourth-order valence-electron chi connectivity index (χ4n) is 3.23. The molecule has 0 radical (unpaired) electrons. The van der Waals surface area contributed by atoms with Crippen LogP contribution < -0.4 is 10.9 Å². The van der Waals surface area contributed by atoms with E-state index in [4.69, 9.17) is 0 Å². The van der Waals surface area contributed by atoms with Crippen LogP contribution in [0, 0.1) is 12.8 Å². The standard InChI is InChI=1S/C21H23N3O4/c1-14-4-2-3-5-18(14)21(28)24-12-10-16(11-13-24)20(27)23-22-19(26)15-6-8-17(25)9-7-15/h2-9,16,25H,10-13H2,1H3,(H,22,26)(H,23,27). The van der Waals surface area contributed by atoms with E-state index in [1.54, 1.807) is 4.90 Å². The predicted molar refractivity (Wildman–Crippen MR) is 104 cm³/mol. The third-order valence-electron chi connectivity index (χ3n) is 4.96. The molecule has 1 aliphatic rings. The van der Waals surface area contributed by atoms with E-state index in [0.717, 1.165) is 5.56 Å². The Kier molecular flexibility index (Phi) is 5.93. The van der Waals surface area contributed by atoms with Gasteiger partial charge in [-0.2, -0.15) is 0 Å². The molecule has 2 aromatic carbocycles. The second-order valence-electron chi connectivity index (χ2n) is 6.87. The first-order valence-electron chi connectivity index (χ1n) is 9.20. The molecule has 3 N–H and O–H groups in total. The van der Waals surface area contributed by atoms with Crippen LogP contribution in [-0.2, 0) is 4.79 Å². The van der Waals surface area contributed by atoms with Crippen molar-refractivity contribution < 1.29 is 19.5 Å². The molecule has 3 rings (SSSR count). The number of nitrogens with zero attached hydrogens (tertiary/aromatic N) is 1. The van der Waals surface area contributed by atoms with E-state index < -0.39 is 5.91 Å². The molecule has 0 aliphatic carbocycles. The number of nitrogens with one attached hydrogen (secondary N) is 2. The highest BCUT2D eigenvalue weighted by Crippen LogP contribution is 2.20. The summed E-state index contributed by atoms with van der Waals surface area (Å²) in [5.74, 6) is -0.943. The molecule has 2 aromatic rings. The van der Waals surface area contributed by atoms with Gasteiger partial charge in [0.1, 0.15) is 5.75 Å². The van der Waals surface area contributed by atoms with Crippen molar-refractivity contribution in [2.45, 2.75) is 19.8 Å². The first-order valence-corrected chi connectivity index (χ1v) is 9.20. The van der Waals surface area contributed by atoms with Crippen molar-refractivity contribution in [2.24, 2.45) is 5.92 Å². The van der Waals surface area contributed by atoms with Gasteiger partial charge in [0.05, 0.1) is 0 Å². The van der Waals surface area contributed by atoms with Crippen molar-refractivity contribution in [3.8, 4) is 5.75 Å². The molecule has 0 saturated carbocycles. The Balaban J connectivity index is 1.48. The summed E-state index contributed by atoms with van der Waals surface area (Å²) in [6.07, 6.45) is 1.08. The van der Waals surface area contributed by atoms with Crippen LogP contribution in [0.5, 0.6) is 5.75 Å². The third-order valence-corrected chi connectivity index (χ3v) is 4.96. The third kappa shape index (κ3) is 4.49. The van der Waals surface area contributed by atoms with Gasteiger partial charge in [-0.05, 0) is 55.7 Å².